The van der Waals surface area contributed by atoms with Gasteiger partial charge in [-0.05, 0) is 0 Å². The molecule has 0 aromatic rings. The summed E-state index contributed by atoms with van der Waals surface area (Å²) in [6, 6.07) is 0. The summed E-state index contributed by atoms with van der Waals surface area (Å²) >= 11 is 0. The predicted octanol–water partition coefficient (Wildman–Crippen LogP) is -2.68. The Morgan fingerprint density at radius 1 is 0.893 bits per heavy atom. The molecule has 0 aliphatic rings. The van der Waals surface area contributed by atoms with Gasteiger partial charge in [0, 0.05) is 0 Å². The maximum atomic E-state index is 12.4. The van der Waals surface area contributed by atoms with Crippen molar-refractivity contribution >= 4 is 44.8 Å². The van der Waals surface area contributed by atoms with Crippen LogP contribution in [0.5, 0.6) is 0 Å². The Hall–Kier alpha value is -2.87. The lowest BCUT2D eigenvalue weighted by Gasteiger charge is -2.34. The summed E-state index contributed by atoms with van der Waals surface area (Å²) in [5, 5.41) is 30.2. The van der Waals surface area contributed by atoms with Crippen molar-refractivity contribution in [3.8, 4) is 0 Å². The molecule has 15 nitrogen and oxygen atoms in total. The minimum atomic E-state index is -5.23. The SMILES string of the molecule is O=COCC(C=O)(COC=O)NP(=O)(O)NC(CC(=O)O)(CC(=O)O)C(=O)O. The number of nitrogens with one attached hydrogen (secondary N) is 2. The van der Waals surface area contributed by atoms with Gasteiger partial charge >= 0.3 is 25.6 Å². The Balaban J connectivity index is 5.94. The predicted molar refractivity (Wildman–Crippen MR) is 83.8 cm³/mol. The second-order valence-electron chi connectivity index (χ2n) is 5.42. The highest BCUT2D eigenvalue weighted by Crippen LogP contribution is 2.38. The first-order chi connectivity index (χ1) is 12.9. The summed E-state index contributed by atoms with van der Waals surface area (Å²) in [6.45, 7) is -2.18. The Morgan fingerprint density at radius 2 is 1.32 bits per heavy atom. The van der Waals surface area contributed by atoms with Crippen LogP contribution in [0.15, 0.2) is 0 Å². The second-order valence-corrected chi connectivity index (χ2v) is 7.02. The summed E-state index contributed by atoms with van der Waals surface area (Å²) in [5.41, 5.74) is -5.30. The van der Waals surface area contributed by atoms with E-state index in [0.717, 1.165) is 0 Å². The van der Waals surface area contributed by atoms with Crippen LogP contribution >= 0.6 is 7.67 Å². The van der Waals surface area contributed by atoms with Gasteiger partial charge in [-0.15, -0.1) is 0 Å². The summed E-state index contributed by atoms with van der Waals surface area (Å²) in [7, 11) is -5.23. The number of carbonyl (C=O) groups is 6. The third-order valence-electron chi connectivity index (χ3n) is 3.10. The third-order valence-corrected chi connectivity index (χ3v) is 4.58. The molecule has 0 aliphatic heterocycles. The van der Waals surface area contributed by atoms with E-state index in [-0.39, 0.29) is 19.2 Å². The zero-order valence-corrected chi connectivity index (χ0v) is 14.9. The largest absolute Gasteiger partial charge is 0.481 e. The van der Waals surface area contributed by atoms with E-state index < -0.39 is 62.7 Å². The standard InChI is InChI=1S/C12H17N2O13P/c15-3-11(4-26-6-16,5-27-7-17)13-28(24,25)14-12(10(22)23,1-8(18)19)2-9(20)21/h3,6-7H,1-2,4-5H2,(H,18,19)(H,20,21)(H,22,23)(H3,13,14,24,25). The molecule has 0 aromatic carbocycles. The van der Waals surface area contributed by atoms with Gasteiger partial charge in [0.05, 0.1) is 12.8 Å². The van der Waals surface area contributed by atoms with Gasteiger partial charge in [-0.3, -0.25) is 28.5 Å². The minimum Gasteiger partial charge on any atom is -0.481 e. The summed E-state index contributed by atoms with van der Waals surface area (Å²) < 4.78 is 21.0. The third kappa shape index (κ3) is 7.79. The Bertz CT molecular complexity index is 650. The molecule has 0 aliphatic carbocycles. The molecule has 0 fully saturated rings. The van der Waals surface area contributed by atoms with Crippen LogP contribution in [-0.4, -0.2) is 81.6 Å². The first-order valence-corrected chi connectivity index (χ1v) is 8.69. The molecule has 0 saturated heterocycles. The van der Waals surface area contributed by atoms with Crippen molar-refractivity contribution in [1.82, 2.24) is 10.2 Å². The lowest BCUT2D eigenvalue weighted by Crippen LogP contribution is -2.59. The molecular formula is C12H17N2O13P. The minimum absolute atomic E-state index is 0.0820. The normalized spacial score (nSPS) is 13.6. The maximum absolute atomic E-state index is 12.4. The van der Waals surface area contributed by atoms with E-state index in [1.807, 2.05) is 0 Å². The molecule has 28 heavy (non-hydrogen) atoms. The van der Waals surface area contributed by atoms with Crippen LogP contribution < -0.4 is 10.2 Å². The molecule has 1 unspecified atom stereocenters. The molecule has 0 amide bonds. The van der Waals surface area contributed by atoms with Crippen molar-refractivity contribution in [2.45, 2.75) is 23.9 Å². The number of carboxylic acids is 3. The number of hydrogen-bond donors (Lipinski definition) is 6. The topological polar surface area (TPSA) is 243 Å². The molecule has 0 saturated carbocycles. The van der Waals surface area contributed by atoms with Gasteiger partial charge in [0.15, 0.2) is 5.54 Å². The summed E-state index contributed by atoms with van der Waals surface area (Å²) in [4.78, 5) is 75.4. The van der Waals surface area contributed by atoms with E-state index in [1.165, 1.54) is 5.09 Å². The molecule has 0 bridgehead atoms. The smallest absolute Gasteiger partial charge is 0.340 e. The second kappa shape index (κ2) is 10.5. The molecule has 16 heteroatoms. The van der Waals surface area contributed by atoms with Crippen LogP contribution in [0.25, 0.3) is 0 Å². The fourth-order valence-electron chi connectivity index (χ4n) is 2.04. The average Bonchev–Trinajstić information content (AvgIpc) is 2.55. The molecule has 0 heterocycles. The molecule has 0 radical (unpaired) electrons. The molecule has 158 valence electrons. The fraction of sp³-hybridized carbons (Fsp3) is 0.500. The molecule has 0 rings (SSSR count). The summed E-state index contributed by atoms with van der Waals surface area (Å²) in [6.07, 6.45) is -2.93. The lowest BCUT2D eigenvalue weighted by molar-refractivity contribution is -0.155. The number of aldehydes is 1. The number of rotatable bonds is 16. The Morgan fingerprint density at radius 3 is 1.61 bits per heavy atom. The highest BCUT2D eigenvalue weighted by Gasteiger charge is 2.49. The average molecular weight is 428 g/mol. The van der Waals surface area contributed by atoms with Crippen LogP contribution in [0.3, 0.4) is 0 Å². The highest BCUT2D eigenvalue weighted by atomic mass is 31.2. The van der Waals surface area contributed by atoms with Crippen LogP contribution in [0.2, 0.25) is 0 Å². The van der Waals surface area contributed by atoms with Crippen molar-refractivity contribution in [3.05, 3.63) is 0 Å². The molecule has 1 atom stereocenters. The van der Waals surface area contributed by atoms with Gasteiger partial charge in [-0.1, -0.05) is 0 Å². The van der Waals surface area contributed by atoms with Crippen molar-refractivity contribution in [1.29, 1.82) is 0 Å². The van der Waals surface area contributed by atoms with Crippen molar-refractivity contribution in [2.75, 3.05) is 13.2 Å². The van der Waals surface area contributed by atoms with Crippen LogP contribution in [0.4, 0.5) is 0 Å². The van der Waals surface area contributed by atoms with Crippen molar-refractivity contribution in [3.63, 3.8) is 0 Å². The first kappa shape index (κ1) is 25.1. The van der Waals surface area contributed by atoms with E-state index in [2.05, 4.69) is 9.47 Å². The van der Waals surface area contributed by atoms with Crippen LogP contribution in [0.1, 0.15) is 12.8 Å². The van der Waals surface area contributed by atoms with E-state index in [9.17, 15) is 43.3 Å². The lowest BCUT2D eigenvalue weighted by atomic mass is 9.93. The van der Waals surface area contributed by atoms with Gasteiger partial charge in [-0.2, -0.15) is 0 Å². The van der Waals surface area contributed by atoms with Crippen molar-refractivity contribution < 1.29 is 63.0 Å². The Kier molecular flexibility index (Phi) is 9.39. The van der Waals surface area contributed by atoms with Gasteiger partial charge in [0.25, 0.3) is 12.9 Å². The van der Waals surface area contributed by atoms with Crippen molar-refractivity contribution in [2.24, 2.45) is 0 Å². The zero-order chi connectivity index (χ0) is 22.0. The maximum Gasteiger partial charge on any atom is 0.340 e. The van der Waals surface area contributed by atoms with Gasteiger partial charge < -0.3 is 34.5 Å². The number of hydrogen-bond acceptors (Lipinski definition) is 9. The van der Waals surface area contributed by atoms with Gasteiger partial charge in [0.2, 0.25) is 0 Å². The molecule has 0 aromatic heterocycles. The van der Waals surface area contributed by atoms with Gasteiger partial charge in [-0.25, -0.2) is 10.2 Å². The zero-order valence-electron chi connectivity index (χ0n) is 14.0. The Labute approximate surface area is 156 Å². The monoisotopic (exact) mass is 428 g/mol. The van der Waals surface area contributed by atoms with E-state index in [1.54, 1.807) is 5.09 Å². The van der Waals surface area contributed by atoms with E-state index >= 15 is 0 Å². The molecular weight excluding hydrogens is 411 g/mol. The quantitative estimate of drug-likeness (QED) is 0.108. The van der Waals surface area contributed by atoms with E-state index in [4.69, 9.17) is 10.2 Å². The number of carbonyl (C=O) groups excluding carboxylic acids is 3. The van der Waals surface area contributed by atoms with Crippen LogP contribution in [0, 0.1) is 0 Å². The molecule has 6 N–H and O–H groups in total. The first-order valence-electron chi connectivity index (χ1n) is 7.03. The highest BCUT2D eigenvalue weighted by molar-refractivity contribution is 7.53. The number of carboxylic acid groups (broad SMARTS) is 3. The van der Waals surface area contributed by atoms with E-state index in [0.29, 0.717) is 0 Å². The van der Waals surface area contributed by atoms with Crippen LogP contribution in [-0.2, 0) is 42.8 Å². The fourth-order valence-corrected chi connectivity index (χ4v) is 3.72. The number of aliphatic carboxylic acids is 3. The molecule has 0 spiro atoms. The van der Waals surface area contributed by atoms with Gasteiger partial charge in [0.1, 0.15) is 25.0 Å². The summed E-state index contributed by atoms with van der Waals surface area (Å²) in [5.74, 6) is -5.71. The number of ether oxygens (including phenoxy) is 2.